The van der Waals surface area contributed by atoms with Crippen molar-refractivity contribution in [3.8, 4) is 0 Å². The average Bonchev–Trinajstić information content (AvgIpc) is 2.88. The van der Waals surface area contributed by atoms with Gasteiger partial charge >= 0.3 is 0 Å². The van der Waals surface area contributed by atoms with E-state index in [9.17, 15) is 4.79 Å². The molecule has 0 aromatic carbocycles. The predicted molar refractivity (Wildman–Crippen MR) is 76.2 cm³/mol. The Labute approximate surface area is 115 Å². The molecule has 4 nitrogen and oxygen atoms in total. The van der Waals surface area contributed by atoms with Crippen LogP contribution in [-0.4, -0.2) is 28.7 Å². The normalized spacial score (nSPS) is 16.7. The maximum absolute atomic E-state index is 11.8. The Hall–Kier alpha value is -1.16. The quantitative estimate of drug-likeness (QED) is 0.769. The molecule has 2 rings (SSSR count). The number of Topliss-reactive ketones (excluding diaryl/α,β-unsaturated/α-hetero) is 1. The molecule has 1 aliphatic rings. The van der Waals surface area contributed by atoms with Gasteiger partial charge in [-0.3, -0.25) is 9.48 Å². The van der Waals surface area contributed by atoms with Crippen LogP contribution in [-0.2, 0) is 11.2 Å². The lowest BCUT2D eigenvalue weighted by atomic mass is 9.96. The molecule has 0 aliphatic heterocycles. The third-order valence-corrected chi connectivity index (χ3v) is 3.74. The van der Waals surface area contributed by atoms with Crippen molar-refractivity contribution in [3.63, 3.8) is 0 Å². The second-order valence-corrected chi connectivity index (χ2v) is 5.47. The Morgan fingerprint density at radius 1 is 1.42 bits per heavy atom. The number of nitrogens with zero attached hydrogens (tertiary/aromatic N) is 2. The summed E-state index contributed by atoms with van der Waals surface area (Å²) in [6.07, 6.45) is 9.98. The van der Waals surface area contributed by atoms with Gasteiger partial charge in [0.15, 0.2) is 5.78 Å². The summed E-state index contributed by atoms with van der Waals surface area (Å²) >= 11 is 0. The number of nitrogens with one attached hydrogen (secondary N) is 1. The third-order valence-electron chi connectivity index (χ3n) is 3.74. The summed E-state index contributed by atoms with van der Waals surface area (Å²) in [4.78, 5) is 11.8. The van der Waals surface area contributed by atoms with Crippen LogP contribution in [0.15, 0.2) is 12.3 Å². The molecule has 1 heterocycles. The van der Waals surface area contributed by atoms with Crippen molar-refractivity contribution < 1.29 is 4.79 Å². The van der Waals surface area contributed by atoms with Crippen molar-refractivity contribution in [3.05, 3.63) is 18.0 Å². The first-order chi connectivity index (χ1) is 9.29. The van der Waals surface area contributed by atoms with E-state index in [-0.39, 0.29) is 5.78 Å². The van der Waals surface area contributed by atoms with Crippen molar-refractivity contribution in [2.45, 2.75) is 57.9 Å². The maximum atomic E-state index is 11.8. The zero-order chi connectivity index (χ0) is 13.5. The molecule has 106 valence electrons. The number of ketones is 1. The molecule has 1 aliphatic carbocycles. The van der Waals surface area contributed by atoms with Gasteiger partial charge in [-0.15, -0.1) is 0 Å². The van der Waals surface area contributed by atoms with Gasteiger partial charge in [0.05, 0.1) is 24.7 Å². The monoisotopic (exact) mass is 263 g/mol. The Morgan fingerprint density at radius 3 is 2.95 bits per heavy atom. The Morgan fingerprint density at radius 2 is 2.21 bits per heavy atom. The lowest BCUT2D eigenvalue weighted by Crippen LogP contribution is -2.25. The van der Waals surface area contributed by atoms with E-state index in [4.69, 9.17) is 0 Å². The van der Waals surface area contributed by atoms with E-state index >= 15 is 0 Å². The summed E-state index contributed by atoms with van der Waals surface area (Å²) in [5.74, 6) is 0.224. The molecular formula is C15H25N3O. The molecule has 0 amide bonds. The van der Waals surface area contributed by atoms with Crippen LogP contribution < -0.4 is 5.32 Å². The third kappa shape index (κ3) is 4.46. The number of rotatable bonds is 7. The molecule has 1 fully saturated rings. The fourth-order valence-corrected chi connectivity index (χ4v) is 2.69. The number of carbonyl (C=O) groups is 1. The molecule has 0 unspecified atom stereocenters. The van der Waals surface area contributed by atoms with Crippen molar-refractivity contribution >= 4 is 5.78 Å². The second kappa shape index (κ2) is 7.43. The second-order valence-electron chi connectivity index (χ2n) is 5.47. The van der Waals surface area contributed by atoms with Crippen LogP contribution in [0.4, 0.5) is 0 Å². The van der Waals surface area contributed by atoms with Crippen LogP contribution >= 0.6 is 0 Å². The highest BCUT2D eigenvalue weighted by Gasteiger charge is 2.16. The standard InChI is InChI=1S/C15H25N3O/c1-2-9-16-12-15(19)11-13-8-10-18(17-13)14-6-4-3-5-7-14/h8,10,14,16H,2-7,9,11-12H2,1H3. The summed E-state index contributed by atoms with van der Waals surface area (Å²) in [6.45, 7) is 3.47. The van der Waals surface area contributed by atoms with Gasteiger partial charge in [0.2, 0.25) is 0 Å². The van der Waals surface area contributed by atoms with E-state index in [1.54, 1.807) is 0 Å². The van der Waals surface area contributed by atoms with Gasteiger partial charge in [-0.25, -0.2) is 0 Å². The fourth-order valence-electron chi connectivity index (χ4n) is 2.69. The van der Waals surface area contributed by atoms with E-state index < -0.39 is 0 Å². The number of carbonyl (C=O) groups excluding carboxylic acids is 1. The number of aromatic nitrogens is 2. The van der Waals surface area contributed by atoms with Gasteiger partial charge in [0, 0.05) is 6.20 Å². The molecule has 1 aromatic heterocycles. The molecule has 1 saturated carbocycles. The highest BCUT2D eigenvalue weighted by molar-refractivity contribution is 5.82. The molecule has 19 heavy (non-hydrogen) atoms. The fraction of sp³-hybridized carbons (Fsp3) is 0.733. The van der Waals surface area contributed by atoms with Crippen LogP contribution in [0.3, 0.4) is 0 Å². The SMILES string of the molecule is CCCNCC(=O)Cc1ccn(C2CCCCC2)n1. The molecule has 1 N–H and O–H groups in total. The number of hydrogen-bond acceptors (Lipinski definition) is 3. The highest BCUT2D eigenvalue weighted by Crippen LogP contribution is 2.27. The Kier molecular flexibility index (Phi) is 5.58. The van der Waals surface area contributed by atoms with Gasteiger partial charge in [-0.1, -0.05) is 26.2 Å². The van der Waals surface area contributed by atoms with Gasteiger partial charge in [0.25, 0.3) is 0 Å². The highest BCUT2D eigenvalue weighted by atomic mass is 16.1. The van der Waals surface area contributed by atoms with Crippen LogP contribution in [0.2, 0.25) is 0 Å². The van der Waals surface area contributed by atoms with E-state index in [0.29, 0.717) is 19.0 Å². The van der Waals surface area contributed by atoms with E-state index in [0.717, 1.165) is 18.7 Å². The number of hydrogen-bond donors (Lipinski definition) is 1. The molecule has 0 spiro atoms. The van der Waals surface area contributed by atoms with Gasteiger partial charge in [-0.2, -0.15) is 5.10 Å². The van der Waals surface area contributed by atoms with Gasteiger partial charge < -0.3 is 5.32 Å². The molecule has 0 bridgehead atoms. The smallest absolute Gasteiger partial charge is 0.152 e. The summed E-state index contributed by atoms with van der Waals surface area (Å²) in [7, 11) is 0. The summed E-state index contributed by atoms with van der Waals surface area (Å²) in [5.41, 5.74) is 0.911. The van der Waals surface area contributed by atoms with Crippen LogP contribution in [0, 0.1) is 0 Å². The lowest BCUT2D eigenvalue weighted by molar-refractivity contribution is -0.117. The average molecular weight is 263 g/mol. The van der Waals surface area contributed by atoms with Crippen molar-refractivity contribution in [1.82, 2.24) is 15.1 Å². The first-order valence-corrected chi connectivity index (χ1v) is 7.56. The topological polar surface area (TPSA) is 46.9 Å². The maximum Gasteiger partial charge on any atom is 0.152 e. The Balaban J connectivity index is 1.81. The van der Waals surface area contributed by atoms with Crippen molar-refractivity contribution in [1.29, 1.82) is 0 Å². The van der Waals surface area contributed by atoms with Crippen LogP contribution in [0.1, 0.15) is 57.2 Å². The minimum atomic E-state index is 0.224. The summed E-state index contributed by atoms with van der Waals surface area (Å²) < 4.78 is 2.07. The van der Waals surface area contributed by atoms with E-state index in [2.05, 4.69) is 22.0 Å². The van der Waals surface area contributed by atoms with Crippen LogP contribution in [0.5, 0.6) is 0 Å². The zero-order valence-electron chi connectivity index (χ0n) is 11.9. The molecule has 0 radical (unpaired) electrons. The first kappa shape index (κ1) is 14.3. The molecule has 0 atom stereocenters. The molecule has 0 saturated heterocycles. The van der Waals surface area contributed by atoms with Gasteiger partial charge in [-0.05, 0) is 31.9 Å². The summed E-state index contributed by atoms with van der Waals surface area (Å²) in [6, 6.07) is 2.54. The summed E-state index contributed by atoms with van der Waals surface area (Å²) in [5, 5.41) is 7.71. The minimum absolute atomic E-state index is 0.224. The lowest BCUT2D eigenvalue weighted by Gasteiger charge is -2.21. The van der Waals surface area contributed by atoms with E-state index in [1.807, 2.05) is 12.3 Å². The van der Waals surface area contributed by atoms with E-state index in [1.165, 1.54) is 32.1 Å². The molecular weight excluding hydrogens is 238 g/mol. The predicted octanol–water partition coefficient (Wildman–Crippen LogP) is 2.50. The Bertz CT molecular complexity index is 394. The van der Waals surface area contributed by atoms with Crippen molar-refractivity contribution in [2.24, 2.45) is 0 Å². The zero-order valence-corrected chi connectivity index (χ0v) is 11.9. The van der Waals surface area contributed by atoms with Crippen molar-refractivity contribution in [2.75, 3.05) is 13.1 Å². The minimum Gasteiger partial charge on any atom is -0.310 e. The first-order valence-electron chi connectivity index (χ1n) is 7.56. The van der Waals surface area contributed by atoms with Crippen LogP contribution in [0.25, 0.3) is 0 Å². The van der Waals surface area contributed by atoms with Gasteiger partial charge in [0.1, 0.15) is 0 Å². The largest absolute Gasteiger partial charge is 0.310 e. The molecule has 1 aromatic rings. The molecule has 4 heteroatoms.